The third-order valence-electron chi connectivity index (χ3n) is 2.29. The van der Waals surface area contributed by atoms with Gasteiger partial charge in [-0.2, -0.15) is 0 Å². The molecule has 0 aliphatic heterocycles. The van der Waals surface area contributed by atoms with Crippen molar-refractivity contribution in [3.8, 4) is 5.75 Å². The summed E-state index contributed by atoms with van der Waals surface area (Å²) in [6.07, 6.45) is 2.53. The van der Waals surface area contributed by atoms with E-state index in [1.54, 1.807) is 24.3 Å². The summed E-state index contributed by atoms with van der Waals surface area (Å²) in [4.78, 5) is 23.4. The number of hydrogen-bond acceptors (Lipinski definition) is 5. The highest BCUT2D eigenvalue weighted by Gasteiger charge is 2.15. The molecular weight excluding hydrogens is 262 g/mol. The van der Waals surface area contributed by atoms with Crippen LogP contribution >= 0.6 is 0 Å². The Bertz CT molecular complexity index is 597. The molecule has 8 heteroatoms. The molecule has 2 N–H and O–H groups in total. The first-order valence-electron chi connectivity index (χ1n) is 5.89. The lowest BCUT2D eigenvalue weighted by Crippen LogP contribution is -2.33. The summed E-state index contributed by atoms with van der Waals surface area (Å²) < 4.78 is 6.53. The van der Waals surface area contributed by atoms with E-state index in [0.29, 0.717) is 18.0 Å². The number of rotatable bonds is 4. The van der Waals surface area contributed by atoms with Crippen molar-refractivity contribution in [2.45, 2.75) is 6.92 Å². The van der Waals surface area contributed by atoms with Gasteiger partial charge in [-0.25, -0.2) is 4.68 Å². The summed E-state index contributed by atoms with van der Waals surface area (Å²) in [5, 5.41) is 9.48. The molecule has 0 radical (unpaired) electrons. The summed E-state index contributed by atoms with van der Waals surface area (Å²) in [7, 11) is 0. The second kappa shape index (κ2) is 6.32. The Morgan fingerprint density at radius 1 is 1.20 bits per heavy atom. The molecule has 20 heavy (non-hydrogen) atoms. The third kappa shape index (κ3) is 3.31. The zero-order chi connectivity index (χ0) is 14.4. The molecule has 0 spiro atoms. The van der Waals surface area contributed by atoms with Crippen LogP contribution in [-0.4, -0.2) is 33.3 Å². The van der Waals surface area contributed by atoms with Crippen LogP contribution in [0.1, 0.15) is 6.92 Å². The second-order valence-corrected chi connectivity index (χ2v) is 3.69. The Hall–Kier alpha value is -2.90. The predicted octanol–water partition coefficient (Wildman–Crippen LogP) is 0.386. The lowest BCUT2D eigenvalue weighted by atomic mass is 10.3. The van der Waals surface area contributed by atoms with Crippen molar-refractivity contribution in [2.75, 3.05) is 17.3 Å². The van der Waals surface area contributed by atoms with Gasteiger partial charge in [0.05, 0.1) is 12.3 Å². The second-order valence-electron chi connectivity index (χ2n) is 3.69. The molecule has 0 fully saturated rings. The van der Waals surface area contributed by atoms with E-state index >= 15 is 0 Å². The largest absolute Gasteiger partial charge is 0.492 e. The van der Waals surface area contributed by atoms with Gasteiger partial charge in [-0.05, 0) is 19.1 Å². The van der Waals surface area contributed by atoms with Gasteiger partial charge in [0.25, 0.3) is 0 Å². The van der Waals surface area contributed by atoms with Crippen LogP contribution in [0.15, 0.2) is 36.9 Å². The fraction of sp³-hybridized carbons (Fsp3) is 0.167. The van der Waals surface area contributed by atoms with Gasteiger partial charge >= 0.3 is 11.8 Å². The van der Waals surface area contributed by atoms with Crippen LogP contribution in [0.4, 0.5) is 5.69 Å². The van der Waals surface area contributed by atoms with E-state index in [2.05, 4.69) is 20.9 Å². The molecule has 0 saturated carbocycles. The fourth-order valence-electron chi connectivity index (χ4n) is 1.46. The average Bonchev–Trinajstić information content (AvgIpc) is 2.94. The normalized spacial score (nSPS) is 9.85. The summed E-state index contributed by atoms with van der Waals surface area (Å²) in [5.74, 6) is -1.15. The van der Waals surface area contributed by atoms with E-state index in [9.17, 15) is 9.59 Å². The monoisotopic (exact) mass is 275 g/mol. The summed E-state index contributed by atoms with van der Waals surface area (Å²) >= 11 is 0. The number of benzene rings is 1. The Kier molecular flexibility index (Phi) is 4.28. The molecule has 2 rings (SSSR count). The van der Waals surface area contributed by atoms with E-state index in [1.165, 1.54) is 17.3 Å². The predicted molar refractivity (Wildman–Crippen MR) is 70.6 cm³/mol. The van der Waals surface area contributed by atoms with Crippen molar-refractivity contribution >= 4 is 17.5 Å². The van der Waals surface area contributed by atoms with Crippen molar-refractivity contribution < 1.29 is 14.3 Å². The molecule has 2 amide bonds. The zero-order valence-corrected chi connectivity index (χ0v) is 10.7. The Morgan fingerprint density at radius 3 is 2.60 bits per heavy atom. The number of amides is 2. The number of para-hydroxylation sites is 2. The maximum absolute atomic E-state index is 11.8. The van der Waals surface area contributed by atoms with Crippen molar-refractivity contribution in [1.29, 1.82) is 0 Å². The Morgan fingerprint density at radius 2 is 1.90 bits per heavy atom. The Labute approximate surface area is 114 Å². The van der Waals surface area contributed by atoms with Crippen molar-refractivity contribution in [2.24, 2.45) is 0 Å². The van der Waals surface area contributed by atoms with Gasteiger partial charge in [-0.3, -0.25) is 15.0 Å². The van der Waals surface area contributed by atoms with Gasteiger partial charge in [0.15, 0.2) is 0 Å². The minimum Gasteiger partial charge on any atom is -0.492 e. The maximum Gasteiger partial charge on any atom is 0.328 e. The highest BCUT2D eigenvalue weighted by molar-refractivity contribution is 6.42. The van der Waals surface area contributed by atoms with E-state index in [1.807, 2.05) is 6.92 Å². The highest BCUT2D eigenvalue weighted by Crippen LogP contribution is 2.23. The van der Waals surface area contributed by atoms with Gasteiger partial charge in [0.1, 0.15) is 18.4 Å². The number of aromatic nitrogens is 3. The summed E-state index contributed by atoms with van der Waals surface area (Å²) in [5.41, 5.74) is 2.72. The fourth-order valence-corrected chi connectivity index (χ4v) is 1.46. The van der Waals surface area contributed by atoms with Gasteiger partial charge in [-0.1, -0.05) is 12.1 Å². The number of carbonyl (C=O) groups is 2. The van der Waals surface area contributed by atoms with Gasteiger partial charge in [-0.15, -0.1) is 10.2 Å². The first kappa shape index (κ1) is 13.5. The van der Waals surface area contributed by atoms with E-state index in [-0.39, 0.29) is 0 Å². The molecule has 0 aliphatic rings. The minimum absolute atomic E-state index is 0.429. The molecule has 0 bridgehead atoms. The number of nitrogens with one attached hydrogen (secondary N) is 2. The van der Waals surface area contributed by atoms with Gasteiger partial charge in [0.2, 0.25) is 0 Å². The van der Waals surface area contributed by atoms with E-state index < -0.39 is 11.8 Å². The van der Waals surface area contributed by atoms with Gasteiger partial charge < -0.3 is 10.1 Å². The van der Waals surface area contributed by atoms with Crippen LogP contribution < -0.4 is 15.5 Å². The molecule has 1 heterocycles. The average molecular weight is 275 g/mol. The van der Waals surface area contributed by atoms with Crippen LogP contribution in [0.25, 0.3) is 0 Å². The molecule has 1 aromatic heterocycles. The van der Waals surface area contributed by atoms with Crippen LogP contribution in [0.3, 0.4) is 0 Å². The zero-order valence-electron chi connectivity index (χ0n) is 10.7. The smallest absolute Gasteiger partial charge is 0.328 e. The Balaban J connectivity index is 2.02. The van der Waals surface area contributed by atoms with Crippen LogP contribution in [0.2, 0.25) is 0 Å². The number of ether oxygens (including phenoxy) is 1. The molecule has 104 valence electrons. The molecule has 0 atom stereocenters. The SMILES string of the molecule is CCOc1ccccc1NC(=O)C(=O)Nn1cnnc1. The van der Waals surface area contributed by atoms with Crippen molar-refractivity contribution in [1.82, 2.24) is 14.9 Å². The lowest BCUT2D eigenvalue weighted by Gasteiger charge is -2.11. The molecule has 0 saturated heterocycles. The van der Waals surface area contributed by atoms with Crippen molar-refractivity contribution in [3.63, 3.8) is 0 Å². The number of hydrogen-bond donors (Lipinski definition) is 2. The van der Waals surface area contributed by atoms with Crippen LogP contribution in [-0.2, 0) is 9.59 Å². The lowest BCUT2D eigenvalue weighted by molar-refractivity contribution is -0.133. The molecule has 0 unspecified atom stereocenters. The maximum atomic E-state index is 11.8. The molecular formula is C12H13N5O3. The van der Waals surface area contributed by atoms with Crippen molar-refractivity contribution in [3.05, 3.63) is 36.9 Å². The molecule has 0 aliphatic carbocycles. The van der Waals surface area contributed by atoms with E-state index in [4.69, 9.17) is 4.74 Å². The number of nitrogens with zero attached hydrogens (tertiary/aromatic N) is 3. The standard InChI is InChI=1S/C12H13N5O3/c1-2-20-10-6-4-3-5-9(10)15-11(18)12(19)16-17-7-13-14-8-17/h3-8H,2H2,1H3,(H,15,18)(H,16,19). The quantitative estimate of drug-likeness (QED) is 0.786. The van der Waals surface area contributed by atoms with Crippen LogP contribution in [0.5, 0.6) is 5.75 Å². The molecule has 2 aromatic rings. The number of carbonyl (C=O) groups excluding carboxylic acids is 2. The molecule has 1 aromatic carbocycles. The van der Waals surface area contributed by atoms with Crippen LogP contribution in [0, 0.1) is 0 Å². The van der Waals surface area contributed by atoms with Gasteiger partial charge in [0, 0.05) is 0 Å². The summed E-state index contributed by atoms with van der Waals surface area (Å²) in [6, 6.07) is 6.86. The molecule has 8 nitrogen and oxygen atoms in total. The summed E-state index contributed by atoms with van der Waals surface area (Å²) in [6.45, 7) is 2.29. The topological polar surface area (TPSA) is 98.1 Å². The first-order chi connectivity index (χ1) is 9.70. The number of anilines is 1. The first-order valence-corrected chi connectivity index (χ1v) is 5.89. The minimum atomic E-state index is -0.837. The van der Waals surface area contributed by atoms with E-state index in [0.717, 1.165) is 0 Å². The highest BCUT2D eigenvalue weighted by atomic mass is 16.5. The third-order valence-corrected chi connectivity index (χ3v) is 2.29.